The molecule has 1 heterocycles. The maximum absolute atomic E-state index is 12.3. The lowest BCUT2D eigenvalue weighted by atomic mass is 9.87. The van der Waals surface area contributed by atoms with E-state index in [9.17, 15) is 4.79 Å². The van der Waals surface area contributed by atoms with E-state index in [1.807, 2.05) is 18.2 Å². The van der Waals surface area contributed by atoms with E-state index in [-0.39, 0.29) is 11.4 Å². The molecule has 2 unspecified atom stereocenters. The zero-order chi connectivity index (χ0) is 12.8. The molecule has 0 saturated heterocycles. The molecule has 3 rings (SSSR count). The zero-order valence-electron chi connectivity index (χ0n) is 10.5. The van der Waals surface area contributed by atoms with Gasteiger partial charge < -0.3 is 4.74 Å². The van der Waals surface area contributed by atoms with Gasteiger partial charge in [-0.3, -0.25) is 4.79 Å². The topological polar surface area (TPSA) is 26.3 Å². The second-order valence-electron chi connectivity index (χ2n) is 5.54. The van der Waals surface area contributed by atoms with Crippen LogP contribution in [0, 0.1) is 5.92 Å². The van der Waals surface area contributed by atoms with E-state index in [0.717, 1.165) is 28.6 Å². The number of ketones is 1. The molecule has 3 heteroatoms. The molecule has 1 spiro atoms. The minimum absolute atomic E-state index is 0.217. The summed E-state index contributed by atoms with van der Waals surface area (Å²) in [4.78, 5) is 12.3. The van der Waals surface area contributed by atoms with Gasteiger partial charge in [-0.2, -0.15) is 0 Å². The fraction of sp³-hybridized carbons (Fsp3) is 0.533. The number of carbonyl (C=O) groups is 1. The van der Waals surface area contributed by atoms with Crippen molar-refractivity contribution in [2.24, 2.45) is 5.92 Å². The summed E-state index contributed by atoms with van der Waals surface area (Å²) < 4.78 is 7.18. The predicted molar refractivity (Wildman–Crippen MR) is 74.1 cm³/mol. The van der Waals surface area contributed by atoms with Crippen molar-refractivity contribution in [3.8, 4) is 5.75 Å². The summed E-state index contributed by atoms with van der Waals surface area (Å²) in [6, 6.07) is 5.69. The van der Waals surface area contributed by atoms with E-state index in [1.165, 1.54) is 12.8 Å². The Kier molecular flexibility index (Phi) is 2.97. The maximum Gasteiger partial charge on any atom is 0.170 e. The third-order valence-electron chi connectivity index (χ3n) is 4.30. The molecule has 18 heavy (non-hydrogen) atoms. The Bertz CT molecular complexity index is 497. The first-order chi connectivity index (χ1) is 8.62. The van der Waals surface area contributed by atoms with Gasteiger partial charge in [0.05, 0.1) is 12.0 Å². The van der Waals surface area contributed by atoms with Gasteiger partial charge in [-0.1, -0.05) is 29.3 Å². The van der Waals surface area contributed by atoms with Crippen molar-refractivity contribution in [3.05, 3.63) is 28.2 Å². The van der Waals surface area contributed by atoms with Crippen molar-refractivity contribution in [2.75, 3.05) is 0 Å². The van der Waals surface area contributed by atoms with Crippen molar-refractivity contribution in [1.82, 2.24) is 0 Å². The number of halogens is 1. The molecule has 0 radical (unpaired) electrons. The van der Waals surface area contributed by atoms with Gasteiger partial charge in [-0.25, -0.2) is 0 Å². The highest BCUT2D eigenvalue weighted by Gasteiger charge is 2.45. The minimum atomic E-state index is -0.217. The third-order valence-corrected chi connectivity index (χ3v) is 4.79. The van der Waals surface area contributed by atoms with Crippen LogP contribution in [0.3, 0.4) is 0 Å². The number of Topliss-reactive ketones (excluding diaryl/α,β-unsaturated/α-hetero) is 1. The molecule has 2 aliphatic rings. The molecular formula is C15H17BrO2. The third kappa shape index (κ3) is 1.99. The molecule has 1 fully saturated rings. The molecule has 1 aliphatic heterocycles. The molecule has 1 aliphatic carbocycles. The lowest BCUT2D eigenvalue weighted by Crippen LogP contribution is -2.39. The summed E-state index contributed by atoms with van der Waals surface area (Å²) in [5, 5.41) is 0. The Morgan fingerprint density at radius 1 is 1.50 bits per heavy atom. The van der Waals surface area contributed by atoms with Gasteiger partial charge >= 0.3 is 0 Å². The fourth-order valence-corrected chi connectivity index (χ4v) is 3.61. The van der Waals surface area contributed by atoms with Crippen molar-refractivity contribution in [3.63, 3.8) is 0 Å². The van der Waals surface area contributed by atoms with Crippen LogP contribution < -0.4 is 4.74 Å². The van der Waals surface area contributed by atoms with Gasteiger partial charge in [0.2, 0.25) is 0 Å². The first kappa shape index (κ1) is 12.2. The summed E-state index contributed by atoms with van der Waals surface area (Å²) in [5.74, 6) is 1.71. The summed E-state index contributed by atoms with van der Waals surface area (Å²) in [7, 11) is 0. The van der Waals surface area contributed by atoms with Crippen LogP contribution >= 0.6 is 15.9 Å². The molecule has 0 amide bonds. The zero-order valence-corrected chi connectivity index (χ0v) is 12.1. The van der Waals surface area contributed by atoms with Crippen LogP contribution in [0.15, 0.2) is 22.7 Å². The van der Waals surface area contributed by atoms with Crippen LogP contribution in [-0.2, 0) is 0 Å². The van der Waals surface area contributed by atoms with E-state index >= 15 is 0 Å². The molecule has 1 saturated carbocycles. The van der Waals surface area contributed by atoms with Crippen molar-refractivity contribution in [2.45, 2.75) is 44.6 Å². The summed E-state index contributed by atoms with van der Waals surface area (Å²) >= 11 is 3.44. The van der Waals surface area contributed by atoms with Crippen LogP contribution in [0.5, 0.6) is 5.75 Å². The molecule has 1 aromatic rings. The molecule has 0 aromatic heterocycles. The molecule has 0 N–H and O–H groups in total. The van der Waals surface area contributed by atoms with E-state index < -0.39 is 0 Å². The lowest BCUT2D eigenvalue weighted by molar-refractivity contribution is 0.0422. The number of hydrogen-bond acceptors (Lipinski definition) is 2. The molecular weight excluding hydrogens is 292 g/mol. The normalized spacial score (nSPS) is 30.3. The summed E-state index contributed by atoms with van der Waals surface area (Å²) in [5.41, 5.74) is 0.523. The Labute approximate surface area is 116 Å². The second kappa shape index (κ2) is 4.37. The SMILES string of the molecule is CCC1CCC2(CC(=O)c3ccc(Br)cc3O2)C1. The number of carbonyl (C=O) groups excluding carboxylic acids is 1. The number of rotatable bonds is 1. The van der Waals surface area contributed by atoms with Gasteiger partial charge in [-0.05, 0) is 43.4 Å². The van der Waals surface area contributed by atoms with Gasteiger partial charge in [-0.15, -0.1) is 0 Å². The average molecular weight is 309 g/mol. The van der Waals surface area contributed by atoms with Crippen LogP contribution in [-0.4, -0.2) is 11.4 Å². The van der Waals surface area contributed by atoms with Crippen LogP contribution in [0.2, 0.25) is 0 Å². The first-order valence-electron chi connectivity index (χ1n) is 6.64. The predicted octanol–water partition coefficient (Wildman–Crippen LogP) is 4.36. The fourth-order valence-electron chi connectivity index (χ4n) is 3.27. The number of hydrogen-bond donors (Lipinski definition) is 0. The summed E-state index contributed by atoms with van der Waals surface area (Å²) in [6.45, 7) is 2.22. The second-order valence-corrected chi connectivity index (χ2v) is 6.46. The van der Waals surface area contributed by atoms with Crippen LogP contribution in [0.1, 0.15) is 49.4 Å². The first-order valence-corrected chi connectivity index (χ1v) is 7.43. The highest BCUT2D eigenvalue weighted by molar-refractivity contribution is 9.10. The molecule has 2 nitrogen and oxygen atoms in total. The smallest absolute Gasteiger partial charge is 0.170 e. The Hall–Kier alpha value is -0.830. The lowest BCUT2D eigenvalue weighted by Gasteiger charge is -2.35. The number of ether oxygens (including phenoxy) is 1. The minimum Gasteiger partial charge on any atom is -0.486 e. The molecule has 0 bridgehead atoms. The Morgan fingerprint density at radius 3 is 3.06 bits per heavy atom. The standard InChI is InChI=1S/C15H17BrO2/c1-2-10-5-6-15(8-10)9-13(17)12-4-3-11(16)7-14(12)18-15/h3-4,7,10H,2,5-6,8-9H2,1H3. The van der Waals surface area contributed by atoms with Crippen molar-refractivity contribution < 1.29 is 9.53 Å². The van der Waals surface area contributed by atoms with Crippen LogP contribution in [0.25, 0.3) is 0 Å². The maximum atomic E-state index is 12.3. The Morgan fingerprint density at radius 2 is 2.33 bits per heavy atom. The monoisotopic (exact) mass is 308 g/mol. The van der Waals surface area contributed by atoms with E-state index in [0.29, 0.717) is 12.3 Å². The highest BCUT2D eigenvalue weighted by Crippen LogP contribution is 2.46. The van der Waals surface area contributed by atoms with E-state index in [2.05, 4.69) is 22.9 Å². The van der Waals surface area contributed by atoms with Gasteiger partial charge in [0, 0.05) is 4.47 Å². The largest absolute Gasteiger partial charge is 0.486 e. The molecule has 2 atom stereocenters. The molecule has 96 valence electrons. The van der Waals surface area contributed by atoms with Crippen molar-refractivity contribution >= 4 is 21.7 Å². The van der Waals surface area contributed by atoms with Gasteiger partial charge in [0.15, 0.2) is 5.78 Å². The van der Waals surface area contributed by atoms with Gasteiger partial charge in [0.1, 0.15) is 11.4 Å². The highest BCUT2D eigenvalue weighted by atomic mass is 79.9. The quantitative estimate of drug-likeness (QED) is 0.770. The molecule has 1 aromatic carbocycles. The van der Waals surface area contributed by atoms with Crippen molar-refractivity contribution in [1.29, 1.82) is 0 Å². The van der Waals surface area contributed by atoms with Gasteiger partial charge in [0.25, 0.3) is 0 Å². The van der Waals surface area contributed by atoms with E-state index in [1.54, 1.807) is 0 Å². The van der Waals surface area contributed by atoms with Crippen LogP contribution in [0.4, 0.5) is 0 Å². The number of benzene rings is 1. The summed E-state index contributed by atoms with van der Waals surface area (Å²) in [6.07, 6.45) is 4.97. The number of fused-ring (bicyclic) bond motifs is 1. The Balaban J connectivity index is 1.94. The average Bonchev–Trinajstić information content (AvgIpc) is 2.71. The van der Waals surface area contributed by atoms with E-state index in [4.69, 9.17) is 4.74 Å².